The van der Waals surface area contributed by atoms with Gasteiger partial charge in [-0.3, -0.25) is 0 Å². The van der Waals surface area contributed by atoms with E-state index < -0.39 is 24.0 Å². The van der Waals surface area contributed by atoms with E-state index >= 15 is 0 Å². The number of carboxylic acid groups (broad SMARTS) is 1. The van der Waals surface area contributed by atoms with Crippen LogP contribution < -0.4 is 0 Å². The molecular weight excluding hydrogens is 156 g/mol. The summed E-state index contributed by atoms with van der Waals surface area (Å²) >= 11 is 0. The van der Waals surface area contributed by atoms with Gasteiger partial charge in [0.25, 0.3) is 0 Å². The lowest BCUT2D eigenvalue weighted by atomic mass is 10.1. The topological polar surface area (TPSA) is 118 Å². The Balaban J connectivity index is 4.25. The predicted octanol–water partition coefficient (Wildman–Crippen LogP) is -2.51. The molecule has 6 nitrogen and oxygen atoms in total. The van der Waals surface area contributed by atoms with E-state index in [1.165, 1.54) is 0 Å². The van der Waals surface area contributed by atoms with Gasteiger partial charge in [0.1, 0.15) is 6.10 Å². The normalized spacial score (nSPS) is 17.5. The Labute approximate surface area is 62.3 Å². The van der Waals surface area contributed by atoms with Gasteiger partial charge in [0, 0.05) is 0 Å². The number of hydrogen-bond donors (Lipinski definition) is 5. The van der Waals surface area contributed by atoms with Crippen molar-refractivity contribution in [3.8, 4) is 0 Å². The molecule has 0 bridgehead atoms. The van der Waals surface area contributed by atoms with E-state index in [1.807, 2.05) is 0 Å². The van der Waals surface area contributed by atoms with Crippen LogP contribution >= 0.6 is 0 Å². The molecule has 0 aromatic rings. The van der Waals surface area contributed by atoms with Gasteiger partial charge in [-0.05, 0) is 6.92 Å². The second-order valence-electron chi connectivity index (χ2n) is 2.32. The third-order valence-electron chi connectivity index (χ3n) is 1.11. The van der Waals surface area contributed by atoms with Gasteiger partial charge in [-0.1, -0.05) is 0 Å². The van der Waals surface area contributed by atoms with Crippen molar-refractivity contribution in [1.29, 1.82) is 0 Å². The van der Waals surface area contributed by atoms with Gasteiger partial charge in [0.2, 0.25) is 0 Å². The van der Waals surface area contributed by atoms with Crippen LogP contribution in [-0.2, 0) is 4.79 Å². The number of carboxylic acids is 1. The van der Waals surface area contributed by atoms with Crippen LogP contribution in [0.2, 0.25) is 0 Å². The summed E-state index contributed by atoms with van der Waals surface area (Å²) in [6, 6.07) is 0. The Kier molecular flexibility index (Phi) is 2.94. The average molecular weight is 166 g/mol. The molecule has 0 aliphatic carbocycles. The third-order valence-corrected chi connectivity index (χ3v) is 1.11. The molecule has 2 unspecified atom stereocenters. The molecule has 0 saturated heterocycles. The second kappa shape index (κ2) is 3.14. The van der Waals surface area contributed by atoms with Crippen LogP contribution in [0.3, 0.4) is 0 Å². The lowest BCUT2D eigenvalue weighted by Crippen LogP contribution is -2.49. The van der Waals surface area contributed by atoms with Gasteiger partial charge >= 0.3 is 5.97 Å². The Hall–Kier alpha value is -0.690. The zero-order chi connectivity index (χ0) is 9.23. The summed E-state index contributed by atoms with van der Waals surface area (Å²) in [7, 11) is 0. The Morgan fingerprint density at radius 2 is 1.73 bits per heavy atom. The fraction of sp³-hybridized carbons (Fsp3) is 0.800. The second-order valence-corrected chi connectivity index (χ2v) is 2.32. The zero-order valence-corrected chi connectivity index (χ0v) is 5.80. The number of carbonyl (C=O) groups is 1. The maximum atomic E-state index is 9.96. The highest BCUT2D eigenvalue weighted by Crippen LogP contribution is 2.09. The lowest BCUT2D eigenvalue weighted by Gasteiger charge is -2.24. The molecule has 0 aliphatic rings. The van der Waals surface area contributed by atoms with Crippen LogP contribution in [0, 0.1) is 0 Å². The molecule has 0 aliphatic heterocycles. The highest BCUT2D eigenvalue weighted by molar-refractivity contribution is 5.72. The molecule has 66 valence electrons. The molecule has 0 spiro atoms. The van der Waals surface area contributed by atoms with E-state index in [1.54, 1.807) is 0 Å². The van der Waals surface area contributed by atoms with Crippen LogP contribution in [0.25, 0.3) is 0 Å². The van der Waals surface area contributed by atoms with Crippen molar-refractivity contribution >= 4 is 5.97 Å². The quantitative estimate of drug-likeness (QED) is 0.295. The monoisotopic (exact) mass is 166 g/mol. The minimum atomic E-state index is -2.61. The Morgan fingerprint density at radius 3 is 1.82 bits per heavy atom. The van der Waals surface area contributed by atoms with Crippen molar-refractivity contribution in [2.45, 2.75) is 24.9 Å². The first-order chi connectivity index (χ1) is 4.76. The summed E-state index contributed by atoms with van der Waals surface area (Å²) in [5, 5.41) is 42.5. The van der Waals surface area contributed by atoms with Crippen molar-refractivity contribution in [1.82, 2.24) is 0 Å². The summed E-state index contributed by atoms with van der Waals surface area (Å²) in [5.41, 5.74) is 0. The molecule has 0 saturated carbocycles. The van der Waals surface area contributed by atoms with Crippen LogP contribution in [0.15, 0.2) is 0 Å². The van der Waals surface area contributed by atoms with Crippen molar-refractivity contribution in [3.63, 3.8) is 0 Å². The third kappa shape index (κ3) is 2.81. The molecule has 6 heteroatoms. The van der Waals surface area contributed by atoms with Crippen LogP contribution in [-0.4, -0.2) is 49.5 Å². The van der Waals surface area contributed by atoms with Crippen LogP contribution in [0.1, 0.15) is 6.92 Å². The van der Waals surface area contributed by atoms with E-state index in [0.29, 0.717) is 0 Å². The Morgan fingerprint density at radius 1 is 1.36 bits per heavy atom. The maximum absolute atomic E-state index is 9.96. The molecule has 0 amide bonds. The fourth-order valence-electron chi connectivity index (χ4n) is 0.434. The zero-order valence-electron chi connectivity index (χ0n) is 5.80. The molecule has 0 aromatic heterocycles. The summed E-state index contributed by atoms with van der Waals surface area (Å²) in [5.74, 6) is -4.33. The number of hydrogen-bond acceptors (Lipinski definition) is 5. The largest absolute Gasteiger partial charge is 0.479 e. The summed E-state index contributed by atoms with van der Waals surface area (Å²) in [6.45, 7) is 0.768. The first kappa shape index (κ1) is 10.3. The molecule has 11 heavy (non-hydrogen) atoms. The summed E-state index contributed by atoms with van der Waals surface area (Å²) < 4.78 is 0. The van der Waals surface area contributed by atoms with E-state index in [9.17, 15) is 4.79 Å². The molecule has 0 rings (SSSR count). The minimum Gasteiger partial charge on any atom is -0.479 e. The van der Waals surface area contributed by atoms with E-state index in [2.05, 4.69) is 0 Å². The molecule has 2 atom stereocenters. The van der Waals surface area contributed by atoms with Crippen LogP contribution in [0.5, 0.6) is 0 Å². The highest BCUT2D eigenvalue weighted by atomic mass is 16.5. The minimum absolute atomic E-state index is 0.768. The maximum Gasteiger partial charge on any atom is 0.335 e. The average Bonchev–Trinajstić information content (AvgIpc) is 1.82. The first-order valence-electron chi connectivity index (χ1n) is 2.80. The summed E-state index contributed by atoms with van der Waals surface area (Å²) in [4.78, 5) is 9.96. The molecule has 0 heterocycles. The smallest absolute Gasteiger partial charge is 0.335 e. The van der Waals surface area contributed by atoms with E-state index in [0.717, 1.165) is 6.92 Å². The van der Waals surface area contributed by atoms with E-state index in [4.69, 9.17) is 25.5 Å². The highest BCUT2D eigenvalue weighted by Gasteiger charge is 2.37. The number of aliphatic carboxylic acids is 1. The molecule has 5 N–H and O–H groups in total. The van der Waals surface area contributed by atoms with E-state index in [-0.39, 0.29) is 0 Å². The van der Waals surface area contributed by atoms with Gasteiger partial charge in [-0.15, -0.1) is 0 Å². The predicted molar refractivity (Wildman–Crippen MR) is 32.5 cm³/mol. The van der Waals surface area contributed by atoms with Crippen LogP contribution in [0.4, 0.5) is 0 Å². The lowest BCUT2D eigenvalue weighted by molar-refractivity contribution is -0.237. The SMILES string of the molecule is CC(O)(O)C(O)C(O)C(=O)O. The van der Waals surface area contributed by atoms with Crippen molar-refractivity contribution in [2.24, 2.45) is 0 Å². The van der Waals surface area contributed by atoms with Gasteiger partial charge in [-0.2, -0.15) is 0 Å². The number of rotatable bonds is 3. The molecule has 0 aromatic carbocycles. The molecule has 0 fully saturated rings. The number of aliphatic hydroxyl groups is 4. The van der Waals surface area contributed by atoms with Gasteiger partial charge in [0.15, 0.2) is 11.9 Å². The van der Waals surface area contributed by atoms with Gasteiger partial charge in [-0.25, -0.2) is 4.79 Å². The molecule has 0 radical (unpaired) electrons. The first-order valence-corrected chi connectivity index (χ1v) is 2.80. The van der Waals surface area contributed by atoms with Crippen molar-refractivity contribution < 1.29 is 30.3 Å². The van der Waals surface area contributed by atoms with Gasteiger partial charge in [0.05, 0.1) is 0 Å². The van der Waals surface area contributed by atoms with Crippen molar-refractivity contribution in [3.05, 3.63) is 0 Å². The van der Waals surface area contributed by atoms with Gasteiger partial charge < -0.3 is 25.5 Å². The fourth-order valence-corrected chi connectivity index (χ4v) is 0.434. The number of aliphatic hydroxyl groups excluding tert-OH is 2. The summed E-state index contributed by atoms with van der Waals surface area (Å²) in [6.07, 6.45) is -4.32. The Bertz CT molecular complexity index is 148. The standard InChI is InChI=1S/C5H10O6/c1-5(10,11)3(7)2(6)4(8)9/h2-3,6-7,10-11H,1H3,(H,8,9). The molecular formula is C5H10O6. The van der Waals surface area contributed by atoms with Crippen molar-refractivity contribution in [2.75, 3.05) is 0 Å².